The van der Waals surface area contributed by atoms with E-state index in [0.717, 1.165) is 11.3 Å². The first-order valence-electron chi connectivity index (χ1n) is 5.32. The Kier molecular flexibility index (Phi) is 2.72. The molecule has 0 bridgehead atoms. The van der Waals surface area contributed by atoms with Crippen molar-refractivity contribution in [1.82, 2.24) is 10.2 Å². The fourth-order valence-corrected chi connectivity index (χ4v) is 2.34. The van der Waals surface area contributed by atoms with Crippen molar-refractivity contribution in [3.63, 3.8) is 0 Å². The minimum Gasteiger partial charge on any atom is -0.326 e. The molecule has 0 aromatic carbocycles. The van der Waals surface area contributed by atoms with Crippen molar-refractivity contribution < 1.29 is 0 Å². The molecule has 1 aromatic rings. The maximum atomic E-state index is 11.3. The van der Waals surface area contributed by atoms with Crippen LogP contribution < -0.4 is 11.3 Å². The minimum atomic E-state index is -0.0481. The van der Waals surface area contributed by atoms with Gasteiger partial charge in [-0.15, -0.1) is 0 Å². The van der Waals surface area contributed by atoms with E-state index in [1.165, 1.54) is 32.1 Å². The Morgan fingerprint density at radius 3 is 2.57 bits per heavy atom. The van der Waals surface area contributed by atoms with Crippen LogP contribution in [0.4, 0.5) is 0 Å². The zero-order valence-electron chi connectivity index (χ0n) is 8.31. The van der Waals surface area contributed by atoms with Gasteiger partial charge in [0.25, 0.3) is 5.56 Å². The lowest BCUT2D eigenvalue weighted by molar-refractivity contribution is 0.434. The van der Waals surface area contributed by atoms with E-state index in [0.29, 0.717) is 12.5 Å². The zero-order valence-corrected chi connectivity index (χ0v) is 8.31. The summed E-state index contributed by atoms with van der Waals surface area (Å²) in [7, 11) is 0. The predicted octanol–water partition coefficient (Wildman–Crippen LogP) is 1.21. The van der Waals surface area contributed by atoms with Crippen LogP contribution in [0, 0.1) is 0 Å². The fourth-order valence-electron chi connectivity index (χ4n) is 2.34. The molecule has 0 saturated heterocycles. The SMILES string of the molecule is NCc1c(C2CCCCC2)[nH][nH]c1=O. The Morgan fingerprint density at radius 1 is 1.21 bits per heavy atom. The zero-order chi connectivity index (χ0) is 9.97. The van der Waals surface area contributed by atoms with Gasteiger partial charge in [0, 0.05) is 18.2 Å². The lowest BCUT2D eigenvalue weighted by Gasteiger charge is -2.20. The van der Waals surface area contributed by atoms with E-state index in [2.05, 4.69) is 10.2 Å². The van der Waals surface area contributed by atoms with E-state index in [1.807, 2.05) is 0 Å². The van der Waals surface area contributed by atoms with Gasteiger partial charge in [-0.1, -0.05) is 19.3 Å². The van der Waals surface area contributed by atoms with Crippen molar-refractivity contribution in [3.05, 3.63) is 21.6 Å². The highest BCUT2D eigenvalue weighted by molar-refractivity contribution is 5.20. The molecule has 1 fully saturated rings. The van der Waals surface area contributed by atoms with Crippen LogP contribution in [0.2, 0.25) is 0 Å². The second-order valence-electron chi connectivity index (χ2n) is 4.01. The molecule has 1 aliphatic carbocycles. The van der Waals surface area contributed by atoms with Gasteiger partial charge in [0.2, 0.25) is 0 Å². The van der Waals surface area contributed by atoms with Gasteiger partial charge in [-0.05, 0) is 12.8 Å². The van der Waals surface area contributed by atoms with Crippen molar-refractivity contribution in [3.8, 4) is 0 Å². The standard InChI is InChI=1S/C10H17N3O/c11-6-8-9(12-13-10(8)14)7-4-2-1-3-5-7/h7H,1-6,11H2,(H2,12,13,14). The van der Waals surface area contributed by atoms with E-state index in [1.54, 1.807) is 0 Å². The van der Waals surface area contributed by atoms with Gasteiger partial charge in [0.05, 0.1) is 5.56 Å². The summed E-state index contributed by atoms with van der Waals surface area (Å²) in [6, 6.07) is 0. The van der Waals surface area contributed by atoms with Crippen molar-refractivity contribution in [2.24, 2.45) is 5.73 Å². The monoisotopic (exact) mass is 195 g/mol. The number of hydrogen-bond acceptors (Lipinski definition) is 2. The van der Waals surface area contributed by atoms with E-state index in [-0.39, 0.29) is 5.56 Å². The Hall–Kier alpha value is -1.03. The first-order chi connectivity index (χ1) is 6.83. The number of hydrogen-bond donors (Lipinski definition) is 3. The molecule has 0 amide bonds. The first kappa shape index (κ1) is 9.52. The van der Waals surface area contributed by atoms with Crippen LogP contribution >= 0.6 is 0 Å². The lowest BCUT2D eigenvalue weighted by Crippen LogP contribution is -2.14. The molecule has 1 aliphatic rings. The van der Waals surface area contributed by atoms with Gasteiger partial charge in [-0.3, -0.25) is 9.89 Å². The minimum absolute atomic E-state index is 0.0481. The Balaban J connectivity index is 2.25. The number of nitrogens with one attached hydrogen (secondary N) is 2. The molecule has 14 heavy (non-hydrogen) atoms. The molecule has 2 rings (SSSR count). The van der Waals surface area contributed by atoms with Gasteiger partial charge >= 0.3 is 0 Å². The second-order valence-corrected chi connectivity index (χ2v) is 4.01. The molecule has 4 nitrogen and oxygen atoms in total. The average molecular weight is 195 g/mol. The largest absolute Gasteiger partial charge is 0.326 e. The third kappa shape index (κ3) is 1.62. The maximum Gasteiger partial charge on any atom is 0.268 e. The summed E-state index contributed by atoms with van der Waals surface area (Å²) in [6.07, 6.45) is 6.22. The van der Waals surface area contributed by atoms with Crippen molar-refractivity contribution in [2.75, 3.05) is 0 Å². The summed E-state index contributed by atoms with van der Waals surface area (Å²) >= 11 is 0. The smallest absolute Gasteiger partial charge is 0.268 e. The quantitative estimate of drug-likeness (QED) is 0.663. The van der Waals surface area contributed by atoms with Crippen LogP contribution in [0.1, 0.15) is 49.3 Å². The molecule has 1 heterocycles. The van der Waals surface area contributed by atoms with Crippen LogP contribution in [0.15, 0.2) is 4.79 Å². The summed E-state index contributed by atoms with van der Waals surface area (Å²) in [6.45, 7) is 0.338. The van der Waals surface area contributed by atoms with Gasteiger partial charge < -0.3 is 10.8 Å². The highest BCUT2D eigenvalue weighted by Crippen LogP contribution is 2.32. The number of aromatic amines is 2. The summed E-state index contributed by atoms with van der Waals surface area (Å²) in [4.78, 5) is 11.3. The molecule has 4 heteroatoms. The number of H-pyrrole nitrogens is 2. The molecule has 78 valence electrons. The van der Waals surface area contributed by atoms with Crippen LogP contribution in [-0.2, 0) is 6.54 Å². The van der Waals surface area contributed by atoms with Crippen LogP contribution in [-0.4, -0.2) is 10.2 Å². The molecule has 1 aromatic heterocycles. The Bertz CT molecular complexity index is 346. The highest BCUT2D eigenvalue weighted by Gasteiger charge is 2.20. The third-order valence-corrected chi connectivity index (χ3v) is 3.13. The van der Waals surface area contributed by atoms with Gasteiger partial charge in [-0.2, -0.15) is 0 Å². The fraction of sp³-hybridized carbons (Fsp3) is 0.700. The maximum absolute atomic E-state index is 11.3. The first-order valence-corrected chi connectivity index (χ1v) is 5.32. The topological polar surface area (TPSA) is 74.7 Å². The van der Waals surface area contributed by atoms with Crippen LogP contribution in [0.25, 0.3) is 0 Å². The Labute approximate surface area is 82.9 Å². The molecule has 0 spiro atoms. The molecule has 0 unspecified atom stereocenters. The predicted molar refractivity (Wildman–Crippen MR) is 55.1 cm³/mol. The molecule has 1 saturated carbocycles. The van der Waals surface area contributed by atoms with E-state index in [4.69, 9.17) is 5.73 Å². The highest BCUT2D eigenvalue weighted by atomic mass is 16.1. The molecule has 0 atom stereocenters. The summed E-state index contributed by atoms with van der Waals surface area (Å²) in [5, 5.41) is 5.60. The third-order valence-electron chi connectivity index (χ3n) is 3.13. The van der Waals surface area contributed by atoms with Gasteiger partial charge in [0.15, 0.2) is 0 Å². The molecule has 4 N–H and O–H groups in total. The van der Waals surface area contributed by atoms with Crippen molar-refractivity contribution in [2.45, 2.75) is 44.6 Å². The Morgan fingerprint density at radius 2 is 1.93 bits per heavy atom. The molecule has 0 aliphatic heterocycles. The average Bonchev–Trinajstić information content (AvgIpc) is 2.61. The number of rotatable bonds is 2. The van der Waals surface area contributed by atoms with Crippen LogP contribution in [0.3, 0.4) is 0 Å². The summed E-state index contributed by atoms with van der Waals surface area (Å²) in [5.41, 5.74) is 7.31. The summed E-state index contributed by atoms with van der Waals surface area (Å²) < 4.78 is 0. The van der Waals surface area contributed by atoms with Crippen LogP contribution in [0.5, 0.6) is 0 Å². The van der Waals surface area contributed by atoms with E-state index in [9.17, 15) is 4.79 Å². The van der Waals surface area contributed by atoms with E-state index < -0.39 is 0 Å². The summed E-state index contributed by atoms with van der Waals surface area (Å²) in [5.74, 6) is 0.515. The second kappa shape index (κ2) is 4.00. The lowest BCUT2D eigenvalue weighted by atomic mass is 9.85. The normalized spacial score (nSPS) is 18.6. The molecule has 0 radical (unpaired) electrons. The molecular formula is C10H17N3O. The van der Waals surface area contributed by atoms with Crippen molar-refractivity contribution >= 4 is 0 Å². The van der Waals surface area contributed by atoms with Gasteiger partial charge in [0.1, 0.15) is 0 Å². The molecular weight excluding hydrogens is 178 g/mol. The number of nitrogens with two attached hydrogens (primary N) is 1. The van der Waals surface area contributed by atoms with E-state index >= 15 is 0 Å². The van der Waals surface area contributed by atoms with Crippen molar-refractivity contribution in [1.29, 1.82) is 0 Å². The number of aromatic nitrogens is 2. The van der Waals surface area contributed by atoms with Gasteiger partial charge in [-0.25, -0.2) is 0 Å².